The van der Waals surface area contributed by atoms with Crippen molar-refractivity contribution in [2.75, 3.05) is 12.1 Å². The van der Waals surface area contributed by atoms with Gasteiger partial charge in [0, 0.05) is 0 Å². The zero-order valence-corrected chi connectivity index (χ0v) is 14.1. The number of methoxy groups -OCH3 is 1. The Bertz CT molecular complexity index is 858. The standard InChI is InChI=1S/C22H20N2O/c1-25-20-14-12-18(13-15-20)22-16-21(17-8-4-2-5-9-17)23-24(22)19-10-6-3-7-11-19/h2-16,21,23H,1H3. The summed E-state index contributed by atoms with van der Waals surface area (Å²) >= 11 is 0. The number of benzene rings is 3. The van der Waals surface area contributed by atoms with Crippen LogP contribution in [-0.2, 0) is 0 Å². The zero-order chi connectivity index (χ0) is 17.1. The van der Waals surface area contributed by atoms with Crippen molar-refractivity contribution in [1.29, 1.82) is 0 Å². The van der Waals surface area contributed by atoms with Gasteiger partial charge >= 0.3 is 0 Å². The summed E-state index contributed by atoms with van der Waals surface area (Å²) in [6.07, 6.45) is 2.27. The molecule has 0 saturated heterocycles. The number of nitrogens with zero attached hydrogens (tertiary/aromatic N) is 1. The van der Waals surface area contributed by atoms with Gasteiger partial charge in [-0.05, 0) is 53.6 Å². The molecule has 1 N–H and O–H groups in total. The lowest BCUT2D eigenvalue weighted by Crippen LogP contribution is -2.33. The highest BCUT2D eigenvalue weighted by atomic mass is 16.5. The summed E-state index contributed by atoms with van der Waals surface area (Å²) in [5, 5.41) is 2.15. The monoisotopic (exact) mass is 328 g/mol. The number of anilines is 1. The van der Waals surface area contributed by atoms with E-state index in [0.717, 1.165) is 22.7 Å². The second-order valence-electron chi connectivity index (χ2n) is 5.97. The largest absolute Gasteiger partial charge is 0.497 e. The Morgan fingerprint density at radius 2 is 1.44 bits per heavy atom. The molecule has 0 radical (unpaired) electrons. The van der Waals surface area contributed by atoms with Crippen LogP contribution in [0.5, 0.6) is 5.75 Å². The zero-order valence-electron chi connectivity index (χ0n) is 14.1. The van der Waals surface area contributed by atoms with E-state index in [1.54, 1.807) is 7.11 Å². The molecule has 0 fully saturated rings. The molecule has 0 bridgehead atoms. The summed E-state index contributed by atoms with van der Waals surface area (Å²) in [5.74, 6) is 0.862. The molecule has 3 aromatic carbocycles. The van der Waals surface area contributed by atoms with Gasteiger partial charge in [-0.15, -0.1) is 0 Å². The highest BCUT2D eigenvalue weighted by molar-refractivity contribution is 5.81. The Kier molecular flexibility index (Phi) is 4.23. The van der Waals surface area contributed by atoms with Crippen LogP contribution in [0.15, 0.2) is 91.0 Å². The molecule has 1 atom stereocenters. The topological polar surface area (TPSA) is 24.5 Å². The van der Waals surface area contributed by atoms with E-state index in [1.807, 2.05) is 24.3 Å². The molecule has 0 aromatic heterocycles. The minimum Gasteiger partial charge on any atom is -0.497 e. The molecule has 0 amide bonds. The molecule has 3 heteroatoms. The van der Waals surface area contributed by atoms with Gasteiger partial charge in [0.05, 0.1) is 24.5 Å². The van der Waals surface area contributed by atoms with E-state index >= 15 is 0 Å². The van der Waals surface area contributed by atoms with Gasteiger partial charge in [0.1, 0.15) is 5.75 Å². The van der Waals surface area contributed by atoms with Crippen LogP contribution in [0.4, 0.5) is 5.69 Å². The minimum absolute atomic E-state index is 0.138. The van der Waals surface area contributed by atoms with Crippen molar-refractivity contribution in [3.05, 3.63) is 102 Å². The van der Waals surface area contributed by atoms with E-state index in [0.29, 0.717) is 0 Å². The van der Waals surface area contributed by atoms with E-state index in [9.17, 15) is 0 Å². The third-order valence-corrected chi connectivity index (χ3v) is 4.39. The summed E-state index contributed by atoms with van der Waals surface area (Å²) in [6.45, 7) is 0. The molecule has 0 aliphatic carbocycles. The minimum atomic E-state index is 0.138. The molecule has 3 aromatic rings. The molecule has 1 aliphatic heterocycles. The lowest BCUT2D eigenvalue weighted by molar-refractivity contribution is 0.415. The Balaban J connectivity index is 1.74. The van der Waals surface area contributed by atoms with E-state index < -0.39 is 0 Å². The maximum atomic E-state index is 5.29. The summed E-state index contributed by atoms with van der Waals surface area (Å²) in [5.41, 5.74) is 8.26. The van der Waals surface area contributed by atoms with Crippen molar-refractivity contribution >= 4 is 11.4 Å². The fourth-order valence-corrected chi connectivity index (χ4v) is 3.09. The SMILES string of the molecule is COc1ccc(C2=CC(c3ccccc3)NN2c2ccccc2)cc1. The summed E-state index contributed by atoms with van der Waals surface area (Å²) in [4.78, 5) is 0. The third-order valence-electron chi connectivity index (χ3n) is 4.39. The van der Waals surface area contributed by atoms with Crippen LogP contribution >= 0.6 is 0 Å². The Morgan fingerprint density at radius 1 is 0.800 bits per heavy atom. The van der Waals surface area contributed by atoms with Crippen LogP contribution in [0.3, 0.4) is 0 Å². The molecule has 0 saturated carbocycles. The highest BCUT2D eigenvalue weighted by Crippen LogP contribution is 2.34. The molecule has 1 aliphatic rings. The highest BCUT2D eigenvalue weighted by Gasteiger charge is 2.26. The maximum absolute atomic E-state index is 5.29. The smallest absolute Gasteiger partial charge is 0.118 e. The predicted molar refractivity (Wildman–Crippen MR) is 102 cm³/mol. The van der Waals surface area contributed by atoms with Crippen molar-refractivity contribution in [2.45, 2.75) is 6.04 Å². The number of ether oxygens (including phenoxy) is 1. The molecular formula is C22H20N2O. The number of hydrogen-bond acceptors (Lipinski definition) is 3. The second kappa shape index (κ2) is 6.83. The number of para-hydroxylation sites is 1. The average Bonchev–Trinajstić information content (AvgIpc) is 3.15. The van der Waals surface area contributed by atoms with Gasteiger partial charge in [-0.1, -0.05) is 48.5 Å². The van der Waals surface area contributed by atoms with Crippen molar-refractivity contribution in [3.63, 3.8) is 0 Å². The average molecular weight is 328 g/mol. The molecule has 25 heavy (non-hydrogen) atoms. The van der Waals surface area contributed by atoms with Gasteiger partial charge < -0.3 is 4.74 Å². The first-order valence-corrected chi connectivity index (χ1v) is 8.38. The van der Waals surface area contributed by atoms with Crippen LogP contribution < -0.4 is 15.2 Å². The third kappa shape index (κ3) is 3.14. The molecule has 4 rings (SSSR count). The Hall–Kier alpha value is -3.04. The van der Waals surface area contributed by atoms with E-state index in [4.69, 9.17) is 4.74 Å². The number of nitrogens with one attached hydrogen (secondary N) is 1. The van der Waals surface area contributed by atoms with Crippen molar-refractivity contribution in [3.8, 4) is 5.75 Å². The van der Waals surface area contributed by atoms with Gasteiger partial charge in [0.2, 0.25) is 0 Å². The first-order chi connectivity index (χ1) is 12.3. The normalized spacial score (nSPS) is 16.6. The predicted octanol–water partition coefficient (Wildman–Crippen LogP) is 4.80. The first-order valence-electron chi connectivity index (χ1n) is 8.38. The van der Waals surface area contributed by atoms with Crippen LogP contribution in [-0.4, -0.2) is 7.11 Å². The van der Waals surface area contributed by atoms with Crippen molar-refractivity contribution < 1.29 is 4.74 Å². The molecule has 1 unspecified atom stereocenters. The summed E-state index contributed by atoms with van der Waals surface area (Å²) < 4.78 is 5.29. The van der Waals surface area contributed by atoms with Gasteiger partial charge in [0.15, 0.2) is 0 Å². The number of hydrazine groups is 1. The van der Waals surface area contributed by atoms with Crippen molar-refractivity contribution in [1.82, 2.24) is 5.43 Å². The van der Waals surface area contributed by atoms with Gasteiger partial charge in [0.25, 0.3) is 0 Å². The molecule has 124 valence electrons. The Morgan fingerprint density at radius 3 is 2.08 bits per heavy atom. The van der Waals surface area contributed by atoms with Crippen LogP contribution in [0.2, 0.25) is 0 Å². The molecule has 1 heterocycles. The van der Waals surface area contributed by atoms with Crippen LogP contribution in [0.25, 0.3) is 5.70 Å². The quantitative estimate of drug-likeness (QED) is 0.744. The number of rotatable bonds is 4. The van der Waals surface area contributed by atoms with Crippen LogP contribution in [0, 0.1) is 0 Å². The van der Waals surface area contributed by atoms with E-state index in [-0.39, 0.29) is 6.04 Å². The van der Waals surface area contributed by atoms with Gasteiger partial charge in [-0.2, -0.15) is 0 Å². The summed E-state index contributed by atoms with van der Waals surface area (Å²) in [7, 11) is 1.69. The first kappa shape index (κ1) is 15.5. The number of hydrogen-bond donors (Lipinski definition) is 1. The molecule has 0 spiro atoms. The maximum Gasteiger partial charge on any atom is 0.118 e. The van der Waals surface area contributed by atoms with E-state index in [2.05, 4.69) is 77.2 Å². The Labute approximate surface area is 148 Å². The second-order valence-corrected chi connectivity index (χ2v) is 5.97. The lowest BCUT2D eigenvalue weighted by Gasteiger charge is -2.24. The van der Waals surface area contributed by atoms with E-state index in [1.165, 1.54) is 5.56 Å². The fourth-order valence-electron chi connectivity index (χ4n) is 3.09. The lowest BCUT2D eigenvalue weighted by atomic mass is 10.1. The van der Waals surface area contributed by atoms with Crippen molar-refractivity contribution in [2.24, 2.45) is 0 Å². The molecular weight excluding hydrogens is 308 g/mol. The molecule has 3 nitrogen and oxygen atoms in total. The van der Waals surface area contributed by atoms with Crippen LogP contribution in [0.1, 0.15) is 17.2 Å². The summed E-state index contributed by atoms with van der Waals surface area (Å²) in [6, 6.07) is 29.2. The van der Waals surface area contributed by atoms with Gasteiger partial charge in [-0.25, -0.2) is 5.43 Å². The fraction of sp³-hybridized carbons (Fsp3) is 0.0909. The van der Waals surface area contributed by atoms with Gasteiger partial charge in [-0.3, -0.25) is 5.01 Å².